The van der Waals surface area contributed by atoms with Gasteiger partial charge in [-0.3, -0.25) is 4.79 Å². The number of hydrogen-bond acceptors (Lipinski definition) is 2. The van der Waals surface area contributed by atoms with Gasteiger partial charge in [-0.15, -0.1) is 0 Å². The van der Waals surface area contributed by atoms with Gasteiger partial charge in [-0.05, 0) is 31.2 Å². The molecule has 1 aliphatic heterocycles. The average molecular weight is 244 g/mol. The van der Waals surface area contributed by atoms with E-state index in [0.717, 1.165) is 25.9 Å². The lowest BCUT2D eigenvalue weighted by atomic mass is 10.0. The van der Waals surface area contributed by atoms with E-state index in [0.29, 0.717) is 6.04 Å². The number of amides is 1. The summed E-state index contributed by atoms with van der Waals surface area (Å²) in [5, 5.41) is 3.47. The summed E-state index contributed by atoms with van der Waals surface area (Å²) in [6.07, 6.45) is 4.59. The minimum absolute atomic E-state index is 0.0648. The molecule has 2 aliphatic rings. The van der Waals surface area contributed by atoms with E-state index < -0.39 is 0 Å². The van der Waals surface area contributed by atoms with Crippen molar-refractivity contribution in [1.29, 1.82) is 0 Å². The molecule has 1 unspecified atom stereocenters. The molecule has 1 heterocycles. The van der Waals surface area contributed by atoms with Crippen LogP contribution in [0.15, 0.2) is 30.3 Å². The Hall–Kier alpha value is -1.35. The molecule has 1 amide bonds. The van der Waals surface area contributed by atoms with Crippen molar-refractivity contribution in [2.75, 3.05) is 6.54 Å². The summed E-state index contributed by atoms with van der Waals surface area (Å²) in [7, 11) is 0. The zero-order valence-electron chi connectivity index (χ0n) is 10.6. The summed E-state index contributed by atoms with van der Waals surface area (Å²) in [6, 6.07) is 10.9. The van der Waals surface area contributed by atoms with Crippen LogP contribution in [0.3, 0.4) is 0 Å². The number of carbonyl (C=O) groups excluding carboxylic acids is 1. The van der Waals surface area contributed by atoms with Crippen LogP contribution in [0.25, 0.3) is 0 Å². The smallest absolute Gasteiger partial charge is 0.240 e. The number of nitrogens with zero attached hydrogens (tertiary/aromatic N) is 1. The first-order valence-corrected chi connectivity index (χ1v) is 6.92. The Morgan fingerprint density at radius 1 is 1.17 bits per heavy atom. The van der Waals surface area contributed by atoms with Gasteiger partial charge < -0.3 is 10.2 Å². The maximum Gasteiger partial charge on any atom is 0.240 e. The lowest BCUT2D eigenvalue weighted by molar-refractivity contribution is -0.136. The lowest BCUT2D eigenvalue weighted by Crippen LogP contribution is -2.50. The van der Waals surface area contributed by atoms with Gasteiger partial charge in [0.15, 0.2) is 0 Å². The SMILES string of the molecule is O=C1C(NC2CC2)CCCN1Cc1ccccc1. The van der Waals surface area contributed by atoms with Crippen molar-refractivity contribution < 1.29 is 4.79 Å². The highest BCUT2D eigenvalue weighted by molar-refractivity contribution is 5.82. The normalized spacial score (nSPS) is 24.3. The van der Waals surface area contributed by atoms with Gasteiger partial charge in [0.1, 0.15) is 0 Å². The van der Waals surface area contributed by atoms with Crippen molar-refractivity contribution in [3.8, 4) is 0 Å². The standard InChI is InChI=1S/C15H20N2O/c18-15-14(16-13-8-9-13)7-4-10-17(15)11-12-5-2-1-3-6-12/h1-3,5-6,13-14,16H,4,7-11H2. The maximum atomic E-state index is 12.4. The predicted octanol–water partition coefficient (Wildman–Crippen LogP) is 1.93. The van der Waals surface area contributed by atoms with Gasteiger partial charge >= 0.3 is 0 Å². The molecule has 1 aliphatic carbocycles. The summed E-state index contributed by atoms with van der Waals surface area (Å²) < 4.78 is 0. The van der Waals surface area contributed by atoms with E-state index in [1.54, 1.807) is 0 Å². The first-order valence-electron chi connectivity index (χ1n) is 6.92. The molecule has 1 atom stereocenters. The van der Waals surface area contributed by atoms with Crippen molar-refractivity contribution in [2.24, 2.45) is 0 Å². The first-order chi connectivity index (χ1) is 8.83. The molecule has 0 radical (unpaired) electrons. The van der Waals surface area contributed by atoms with Crippen LogP contribution in [0, 0.1) is 0 Å². The van der Waals surface area contributed by atoms with E-state index >= 15 is 0 Å². The first kappa shape index (κ1) is 11.7. The van der Waals surface area contributed by atoms with Gasteiger partial charge in [0.2, 0.25) is 5.91 Å². The summed E-state index contributed by atoms with van der Waals surface area (Å²) in [5.74, 6) is 0.289. The Kier molecular flexibility index (Phi) is 3.33. The third-order valence-electron chi connectivity index (χ3n) is 3.76. The summed E-state index contributed by atoms with van der Waals surface area (Å²) in [5.41, 5.74) is 1.22. The highest BCUT2D eigenvalue weighted by Crippen LogP contribution is 2.23. The van der Waals surface area contributed by atoms with E-state index in [4.69, 9.17) is 0 Å². The fourth-order valence-corrected chi connectivity index (χ4v) is 2.59. The second-order valence-corrected chi connectivity index (χ2v) is 5.38. The van der Waals surface area contributed by atoms with E-state index in [-0.39, 0.29) is 11.9 Å². The summed E-state index contributed by atoms with van der Waals surface area (Å²) in [4.78, 5) is 14.4. The van der Waals surface area contributed by atoms with Crippen LogP contribution in [0.2, 0.25) is 0 Å². The molecule has 1 saturated carbocycles. The van der Waals surface area contributed by atoms with E-state index in [1.807, 2.05) is 23.1 Å². The highest BCUT2D eigenvalue weighted by atomic mass is 16.2. The van der Waals surface area contributed by atoms with Crippen molar-refractivity contribution in [2.45, 2.75) is 44.3 Å². The van der Waals surface area contributed by atoms with Crippen LogP contribution in [0.1, 0.15) is 31.2 Å². The molecule has 2 fully saturated rings. The minimum Gasteiger partial charge on any atom is -0.337 e. The predicted molar refractivity (Wildman–Crippen MR) is 71.0 cm³/mol. The van der Waals surface area contributed by atoms with Crippen LogP contribution in [0.4, 0.5) is 0 Å². The zero-order valence-corrected chi connectivity index (χ0v) is 10.6. The number of nitrogens with one attached hydrogen (secondary N) is 1. The number of piperidine rings is 1. The Morgan fingerprint density at radius 2 is 1.94 bits per heavy atom. The molecule has 0 spiro atoms. The lowest BCUT2D eigenvalue weighted by Gasteiger charge is -2.33. The molecular weight excluding hydrogens is 224 g/mol. The van der Waals surface area contributed by atoms with Crippen LogP contribution in [-0.4, -0.2) is 29.4 Å². The Balaban J connectivity index is 1.62. The second-order valence-electron chi connectivity index (χ2n) is 5.38. The van der Waals surface area contributed by atoms with Gasteiger partial charge in [-0.25, -0.2) is 0 Å². The number of likely N-dealkylation sites (tertiary alicyclic amines) is 1. The molecule has 0 bridgehead atoms. The summed E-state index contributed by atoms with van der Waals surface area (Å²) in [6.45, 7) is 1.65. The van der Waals surface area contributed by atoms with Gasteiger partial charge in [0, 0.05) is 19.1 Å². The second kappa shape index (κ2) is 5.11. The number of benzene rings is 1. The van der Waals surface area contributed by atoms with E-state index in [2.05, 4.69) is 17.4 Å². The Bertz CT molecular complexity index is 414. The minimum atomic E-state index is 0.0648. The number of hydrogen-bond donors (Lipinski definition) is 1. The average Bonchev–Trinajstić information content (AvgIpc) is 3.20. The van der Waals surface area contributed by atoms with Gasteiger partial charge in [-0.2, -0.15) is 0 Å². The zero-order chi connectivity index (χ0) is 12.4. The fourth-order valence-electron chi connectivity index (χ4n) is 2.59. The molecule has 0 aromatic heterocycles. The molecular formula is C15H20N2O. The third-order valence-corrected chi connectivity index (χ3v) is 3.76. The highest BCUT2D eigenvalue weighted by Gasteiger charge is 2.33. The molecule has 3 nitrogen and oxygen atoms in total. The van der Waals surface area contributed by atoms with Gasteiger partial charge in [0.05, 0.1) is 6.04 Å². The van der Waals surface area contributed by atoms with E-state index in [1.165, 1.54) is 18.4 Å². The van der Waals surface area contributed by atoms with Crippen molar-refractivity contribution in [1.82, 2.24) is 10.2 Å². The molecule has 3 heteroatoms. The molecule has 1 aromatic rings. The molecule has 96 valence electrons. The molecule has 1 saturated heterocycles. The van der Waals surface area contributed by atoms with Crippen LogP contribution in [0.5, 0.6) is 0 Å². The fraction of sp³-hybridized carbons (Fsp3) is 0.533. The van der Waals surface area contributed by atoms with Crippen LogP contribution >= 0.6 is 0 Å². The largest absolute Gasteiger partial charge is 0.337 e. The topological polar surface area (TPSA) is 32.3 Å². The molecule has 3 rings (SSSR count). The number of carbonyl (C=O) groups is 1. The van der Waals surface area contributed by atoms with Crippen LogP contribution < -0.4 is 5.32 Å². The number of rotatable bonds is 4. The van der Waals surface area contributed by atoms with Crippen molar-refractivity contribution in [3.05, 3.63) is 35.9 Å². The van der Waals surface area contributed by atoms with Gasteiger partial charge in [-0.1, -0.05) is 30.3 Å². The molecule has 1 N–H and O–H groups in total. The Labute approximate surface area is 108 Å². The van der Waals surface area contributed by atoms with Crippen LogP contribution in [-0.2, 0) is 11.3 Å². The molecule has 1 aromatic carbocycles. The molecule has 18 heavy (non-hydrogen) atoms. The van der Waals surface area contributed by atoms with Crippen molar-refractivity contribution in [3.63, 3.8) is 0 Å². The van der Waals surface area contributed by atoms with E-state index in [9.17, 15) is 4.79 Å². The maximum absolute atomic E-state index is 12.4. The third kappa shape index (κ3) is 2.72. The monoisotopic (exact) mass is 244 g/mol. The Morgan fingerprint density at radius 3 is 2.67 bits per heavy atom. The summed E-state index contributed by atoms with van der Waals surface area (Å²) >= 11 is 0. The quantitative estimate of drug-likeness (QED) is 0.877. The van der Waals surface area contributed by atoms with Gasteiger partial charge in [0.25, 0.3) is 0 Å². The van der Waals surface area contributed by atoms with Crippen molar-refractivity contribution >= 4 is 5.91 Å².